The van der Waals surface area contributed by atoms with Crippen molar-refractivity contribution in [3.05, 3.63) is 29.8 Å². The number of nitrogens with two attached hydrogens (primary N) is 1. The van der Waals surface area contributed by atoms with E-state index in [-0.39, 0.29) is 5.84 Å². The van der Waals surface area contributed by atoms with Crippen molar-refractivity contribution in [1.82, 2.24) is 0 Å². The van der Waals surface area contributed by atoms with E-state index in [1.54, 1.807) is 6.92 Å². The molecule has 0 saturated carbocycles. The first-order valence-corrected chi connectivity index (χ1v) is 4.91. The lowest BCUT2D eigenvalue weighted by molar-refractivity contribution is 0.264. The zero-order valence-corrected chi connectivity index (χ0v) is 8.97. The van der Waals surface area contributed by atoms with Crippen LogP contribution in [-0.2, 0) is 6.42 Å². The van der Waals surface area contributed by atoms with Crippen LogP contribution in [0.15, 0.2) is 29.4 Å². The van der Waals surface area contributed by atoms with E-state index in [2.05, 4.69) is 12.1 Å². The monoisotopic (exact) mass is 208 g/mol. The number of aryl methyl sites for hydroxylation is 1. The highest BCUT2D eigenvalue weighted by Gasteiger charge is 2.10. The lowest BCUT2D eigenvalue weighted by Crippen LogP contribution is -2.31. The van der Waals surface area contributed by atoms with Gasteiger partial charge in [-0.2, -0.15) is 0 Å². The smallest absolute Gasteiger partial charge is 0.180 e. The van der Waals surface area contributed by atoms with Crippen LogP contribution < -0.4 is 10.5 Å². The van der Waals surface area contributed by atoms with Gasteiger partial charge in [0.15, 0.2) is 11.9 Å². The molecule has 0 amide bonds. The number of amidine groups is 1. The maximum Gasteiger partial charge on any atom is 0.180 e. The summed E-state index contributed by atoms with van der Waals surface area (Å²) < 4.78 is 5.57. The second-order valence-corrected chi connectivity index (χ2v) is 3.25. The molecule has 15 heavy (non-hydrogen) atoms. The predicted octanol–water partition coefficient (Wildman–Crippen LogP) is 1.76. The van der Waals surface area contributed by atoms with E-state index in [1.807, 2.05) is 24.3 Å². The Morgan fingerprint density at radius 2 is 2.20 bits per heavy atom. The van der Waals surface area contributed by atoms with Gasteiger partial charge in [0.05, 0.1) is 0 Å². The van der Waals surface area contributed by atoms with Crippen molar-refractivity contribution in [3.63, 3.8) is 0 Å². The van der Waals surface area contributed by atoms with Gasteiger partial charge in [0.1, 0.15) is 5.75 Å². The summed E-state index contributed by atoms with van der Waals surface area (Å²) in [5, 5.41) is 11.4. The number of rotatable bonds is 4. The maximum absolute atomic E-state index is 8.49. The lowest BCUT2D eigenvalue weighted by Gasteiger charge is -2.15. The summed E-state index contributed by atoms with van der Waals surface area (Å²) in [5.74, 6) is 0.847. The summed E-state index contributed by atoms with van der Waals surface area (Å²) in [6.07, 6.45) is 0.460. The van der Waals surface area contributed by atoms with Crippen molar-refractivity contribution >= 4 is 5.84 Å². The molecule has 4 nitrogen and oxygen atoms in total. The molecule has 3 N–H and O–H groups in total. The molecular weight excluding hydrogens is 192 g/mol. The van der Waals surface area contributed by atoms with Gasteiger partial charge >= 0.3 is 0 Å². The Balaban J connectivity index is 2.80. The first kappa shape index (κ1) is 11.4. The third-order valence-corrected chi connectivity index (χ3v) is 2.19. The molecule has 0 heterocycles. The molecule has 1 unspecified atom stereocenters. The standard InChI is InChI=1S/C11H16N2O2/c1-3-9-6-4-5-7-10(9)15-8(2)11(12)13-14/h4-8,14H,3H2,1-2H3,(H2,12,13). The maximum atomic E-state index is 8.49. The summed E-state index contributed by atoms with van der Waals surface area (Å²) in [6.45, 7) is 3.79. The third kappa shape index (κ3) is 2.87. The zero-order valence-electron chi connectivity index (χ0n) is 8.97. The molecular formula is C11H16N2O2. The van der Waals surface area contributed by atoms with Crippen molar-refractivity contribution in [2.24, 2.45) is 10.9 Å². The van der Waals surface area contributed by atoms with E-state index in [1.165, 1.54) is 0 Å². The van der Waals surface area contributed by atoms with Gasteiger partial charge in [-0.05, 0) is 25.0 Å². The first-order chi connectivity index (χ1) is 7.19. The Labute approximate surface area is 89.4 Å². The SMILES string of the molecule is CCc1ccccc1OC(C)C(N)=NO. The van der Waals surface area contributed by atoms with Crippen LogP contribution in [0.2, 0.25) is 0 Å². The summed E-state index contributed by atoms with van der Waals surface area (Å²) >= 11 is 0. The molecule has 0 aliphatic carbocycles. The van der Waals surface area contributed by atoms with Gasteiger partial charge in [0, 0.05) is 0 Å². The molecule has 1 aromatic carbocycles. The van der Waals surface area contributed by atoms with E-state index in [0.29, 0.717) is 0 Å². The van der Waals surface area contributed by atoms with Crippen LogP contribution in [0.4, 0.5) is 0 Å². The third-order valence-electron chi connectivity index (χ3n) is 2.19. The molecule has 0 aromatic heterocycles. The van der Waals surface area contributed by atoms with Crippen molar-refractivity contribution in [2.75, 3.05) is 0 Å². The average molecular weight is 208 g/mol. The van der Waals surface area contributed by atoms with E-state index in [4.69, 9.17) is 15.7 Å². The number of hydrogen-bond acceptors (Lipinski definition) is 3. The molecule has 4 heteroatoms. The number of ether oxygens (including phenoxy) is 1. The molecule has 82 valence electrons. The highest BCUT2D eigenvalue weighted by molar-refractivity contribution is 5.84. The number of oxime groups is 1. The summed E-state index contributed by atoms with van der Waals surface area (Å²) in [5.41, 5.74) is 6.54. The van der Waals surface area contributed by atoms with Gasteiger partial charge in [-0.1, -0.05) is 30.3 Å². The Hall–Kier alpha value is -1.71. The van der Waals surface area contributed by atoms with Gasteiger partial charge in [0.2, 0.25) is 0 Å². The summed E-state index contributed by atoms with van der Waals surface area (Å²) in [7, 11) is 0. The number of nitrogens with zero attached hydrogens (tertiary/aromatic N) is 1. The number of para-hydroxylation sites is 1. The van der Waals surface area contributed by atoms with E-state index < -0.39 is 6.10 Å². The average Bonchev–Trinajstić information content (AvgIpc) is 2.28. The van der Waals surface area contributed by atoms with Gasteiger partial charge in [-0.25, -0.2) is 0 Å². The topological polar surface area (TPSA) is 67.8 Å². The summed E-state index contributed by atoms with van der Waals surface area (Å²) in [6, 6.07) is 7.72. The Bertz CT molecular complexity index is 350. The van der Waals surface area contributed by atoms with E-state index in [0.717, 1.165) is 17.7 Å². The minimum absolute atomic E-state index is 0.0703. The zero-order chi connectivity index (χ0) is 11.3. The van der Waals surface area contributed by atoms with Crippen molar-refractivity contribution in [1.29, 1.82) is 0 Å². The molecule has 0 saturated heterocycles. The normalized spacial score (nSPS) is 13.6. The molecule has 1 aromatic rings. The molecule has 0 aliphatic heterocycles. The summed E-state index contributed by atoms with van der Waals surface area (Å²) in [4.78, 5) is 0. The molecule has 0 spiro atoms. The largest absolute Gasteiger partial charge is 0.482 e. The molecule has 0 fully saturated rings. The second kappa shape index (κ2) is 5.24. The Morgan fingerprint density at radius 1 is 1.53 bits per heavy atom. The van der Waals surface area contributed by atoms with Crippen LogP contribution in [0.1, 0.15) is 19.4 Å². The fraction of sp³-hybridized carbons (Fsp3) is 0.364. The molecule has 0 bridgehead atoms. The van der Waals surface area contributed by atoms with Crippen molar-refractivity contribution in [3.8, 4) is 5.75 Å². The minimum atomic E-state index is -0.428. The van der Waals surface area contributed by atoms with E-state index in [9.17, 15) is 0 Å². The van der Waals surface area contributed by atoms with Crippen LogP contribution in [0.3, 0.4) is 0 Å². The molecule has 1 atom stereocenters. The lowest BCUT2D eigenvalue weighted by atomic mass is 10.1. The van der Waals surface area contributed by atoms with E-state index >= 15 is 0 Å². The highest BCUT2D eigenvalue weighted by atomic mass is 16.5. The van der Waals surface area contributed by atoms with Gasteiger partial charge in [-0.15, -0.1) is 0 Å². The molecule has 0 radical (unpaired) electrons. The van der Waals surface area contributed by atoms with Gasteiger partial charge < -0.3 is 15.7 Å². The minimum Gasteiger partial charge on any atom is -0.482 e. The second-order valence-electron chi connectivity index (χ2n) is 3.25. The van der Waals surface area contributed by atoms with Crippen LogP contribution in [0.5, 0.6) is 5.75 Å². The van der Waals surface area contributed by atoms with Crippen LogP contribution >= 0.6 is 0 Å². The van der Waals surface area contributed by atoms with Crippen LogP contribution in [0.25, 0.3) is 0 Å². The van der Waals surface area contributed by atoms with Gasteiger partial charge in [-0.3, -0.25) is 0 Å². The Kier molecular flexibility index (Phi) is 3.97. The quantitative estimate of drug-likeness (QED) is 0.343. The van der Waals surface area contributed by atoms with Crippen LogP contribution in [0, 0.1) is 0 Å². The Morgan fingerprint density at radius 3 is 2.80 bits per heavy atom. The van der Waals surface area contributed by atoms with Crippen molar-refractivity contribution in [2.45, 2.75) is 26.4 Å². The van der Waals surface area contributed by atoms with Crippen LogP contribution in [-0.4, -0.2) is 17.1 Å². The molecule has 0 aliphatic rings. The highest BCUT2D eigenvalue weighted by Crippen LogP contribution is 2.19. The number of hydrogen-bond donors (Lipinski definition) is 2. The van der Waals surface area contributed by atoms with Gasteiger partial charge in [0.25, 0.3) is 0 Å². The fourth-order valence-electron chi connectivity index (χ4n) is 1.24. The predicted molar refractivity (Wildman–Crippen MR) is 59.3 cm³/mol. The first-order valence-electron chi connectivity index (χ1n) is 4.91. The fourth-order valence-corrected chi connectivity index (χ4v) is 1.24. The van der Waals surface area contributed by atoms with Crippen molar-refractivity contribution < 1.29 is 9.94 Å². The molecule has 1 rings (SSSR count). The number of benzene rings is 1.